The highest BCUT2D eigenvalue weighted by Gasteiger charge is 2.48. The predicted octanol–water partition coefficient (Wildman–Crippen LogP) is 4.24. The van der Waals surface area contributed by atoms with Crippen molar-refractivity contribution in [1.82, 2.24) is 4.90 Å². The normalized spacial score (nSPS) is 17.6. The molecule has 1 aliphatic heterocycles. The Balaban J connectivity index is 1.59. The molecule has 0 aromatic heterocycles. The van der Waals surface area contributed by atoms with Crippen molar-refractivity contribution >= 4 is 23.2 Å². The minimum Gasteiger partial charge on any atom is -0.497 e. The highest BCUT2D eigenvalue weighted by atomic mass is 16.5. The highest BCUT2D eigenvalue weighted by Crippen LogP contribution is 2.39. The van der Waals surface area contributed by atoms with Gasteiger partial charge in [-0.25, -0.2) is 0 Å². The first-order chi connectivity index (χ1) is 14.9. The molecule has 2 amide bonds. The van der Waals surface area contributed by atoms with Gasteiger partial charge in [-0.05, 0) is 81.0 Å². The molecule has 0 radical (unpaired) electrons. The monoisotopic (exact) mass is 419 g/mol. The number of anilines is 1. The lowest BCUT2D eigenvalue weighted by molar-refractivity contribution is -0.134. The van der Waals surface area contributed by atoms with E-state index < -0.39 is 5.66 Å². The Labute approximate surface area is 183 Å². The zero-order chi connectivity index (χ0) is 22.0. The van der Waals surface area contributed by atoms with E-state index in [0.717, 1.165) is 60.2 Å². The van der Waals surface area contributed by atoms with Crippen molar-refractivity contribution in [3.8, 4) is 5.75 Å². The van der Waals surface area contributed by atoms with Crippen LogP contribution in [0.15, 0.2) is 47.5 Å². The van der Waals surface area contributed by atoms with Crippen molar-refractivity contribution in [3.63, 3.8) is 0 Å². The number of carbonyl (C=O) groups is 2. The topological polar surface area (TPSA) is 71.0 Å². The number of carbonyl (C=O) groups excluding carboxylic acids is 2. The van der Waals surface area contributed by atoms with Crippen molar-refractivity contribution in [3.05, 3.63) is 59.2 Å². The number of nitrogens with one attached hydrogen (secondary N) is 1. The Morgan fingerprint density at radius 1 is 1.10 bits per heavy atom. The average Bonchev–Trinajstić information content (AvgIpc) is 3.03. The fourth-order valence-corrected chi connectivity index (χ4v) is 4.49. The first-order valence-corrected chi connectivity index (χ1v) is 10.9. The summed E-state index contributed by atoms with van der Waals surface area (Å²) in [6, 6.07) is 13.3. The number of nitrogens with zero attached hydrogens (tertiary/aromatic N) is 2. The largest absolute Gasteiger partial charge is 0.497 e. The molecule has 2 aromatic carbocycles. The summed E-state index contributed by atoms with van der Waals surface area (Å²) in [5.41, 5.74) is 3.42. The summed E-state index contributed by atoms with van der Waals surface area (Å²) < 4.78 is 5.23. The molecule has 1 saturated carbocycles. The Hall–Kier alpha value is -3.15. The zero-order valence-electron chi connectivity index (χ0n) is 18.4. The third kappa shape index (κ3) is 4.20. The summed E-state index contributed by atoms with van der Waals surface area (Å²) in [5, 5.41) is 2.99. The number of methoxy groups -OCH3 is 1. The van der Waals surface area contributed by atoms with Crippen LogP contribution in [0.3, 0.4) is 0 Å². The van der Waals surface area contributed by atoms with E-state index >= 15 is 0 Å². The molecule has 0 bridgehead atoms. The molecule has 2 aromatic rings. The maximum atomic E-state index is 13.4. The van der Waals surface area contributed by atoms with E-state index in [1.54, 1.807) is 12.0 Å². The summed E-state index contributed by atoms with van der Waals surface area (Å²) in [4.78, 5) is 33.0. The van der Waals surface area contributed by atoms with Crippen LogP contribution in [0.5, 0.6) is 5.75 Å². The van der Waals surface area contributed by atoms with Crippen LogP contribution in [-0.4, -0.2) is 41.7 Å². The third-order valence-corrected chi connectivity index (χ3v) is 6.26. The molecule has 162 valence electrons. The lowest BCUT2D eigenvalue weighted by Crippen LogP contribution is -2.51. The highest BCUT2D eigenvalue weighted by molar-refractivity contribution is 6.47. The van der Waals surface area contributed by atoms with Gasteiger partial charge in [0.05, 0.1) is 7.11 Å². The van der Waals surface area contributed by atoms with Crippen LogP contribution in [0, 0.1) is 13.8 Å². The molecule has 6 heteroatoms. The van der Waals surface area contributed by atoms with Crippen molar-refractivity contribution in [2.24, 2.45) is 4.99 Å². The molecule has 0 saturated heterocycles. The molecule has 1 heterocycles. The van der Waals surface area contributed by atoms with Crippen LogP contribution in [0.25, 0.3) is 0 Å². The molecule has 31 heavy (non-hydrogen) atoms. The SMILES string of the molecule is COc1ccc(C2=NC3(CCCCC3)N(CC(=O)Nc3cc(C)ccc3C)C2=O)cc1. The molecule has 6 nitrogen and oxygen atoms in total. The quantitative estimate of drug-likeness (QED) is 0.788. The lowest BCUT2D eigenvalue weighted by Gasteiger charge is -2.38. The van der Waals surface area contributed by atoms with Crippen molar-refractivity contribution in [1.29, 1.82) is 0 Å². The predicted molar refractivity (Wildman–Crippen MR) is 122 cm³/mol. The molecule has 1 fully saturated rings. The molecule has 2 aliphatic rings. The van der Waals surface area contributed by atoms with Gasteiger partial charge >= 0.3 is 0 Å². The fourth-order valence-electron chi connectivity index (χ4n) is 4.49. The summed E-state index contributed by atoms with van der Waals surface area (Å²) >= 11 is 0. The summed E-state index contributed by atoms with van der Waals surface area (Å²) in [6.45, 7) is 3.95. The second-order valence-corrected chi connectivity index (χ2v) is 8.49. The van der Waals surface area contributed by atoms with E-state index in [9.17, 15) is 9.59 Å². The summed E-state index contributed by atoms with van der Waals surface area (Å²) in [7, 11) is 1.61. The summed E-state index contributed by atoms with van der Waals surface area (Å²) in [6.07, 6.45) is 4.71. The molecular weight excluding hydrogens is 390 g/mol. The Morgan fingerprint density at radius 3 is 2.48 bits per heavy atom. The second-order valence-electron chi connectivity index (χ2n) is 8.49. The van der Waals surface area contributed by atoms with Gasteiger partial charge < -0.3 is 15.0 Å². The van der Waals surface area contributed by atoms with Gasteiger partial charge in [0, 0.05) is 11.3 Å². The van der Waals surface area contributed by atoms with Gasteiger partial charge in [-0.2, -0.15) is 0 Å². The number of aliphatic imine (C=N–C) groups is 1. The number of rotatable bonds is 5. The molecule has 4 rings (SSSR count). The summed E-state index contributed by atoms with van der Waals surface area (Å²) in [5.74, 6) is 0.355. The molecule has 1 N–H and O–H groups in total. The van der Waals surface area contributed by atoms with Crippen molar-refractivity contribution in [2.45, 2.75) is 51.6 Å². The van der Waals surface area contributed by atoms with Gasteiger partial charge in [0.1, 0.15) is 23.7 Å². The van der Waals surface area contributed by atoms with E-state index in [-0.39, 0.29) is 18.4 Å². The minimum atomic E-state index is -0.621. The van der Waals surface area contributed by atoms with Gasteiger partial charge in [0.2, 0.25) is 5.91 Å². The number of amides is 2. The van der Waals surface area contributed by atoms with Gasteiger partial charge in [-0.15, -0.1) is 0 Å². The number of hydrogen-bond donors (Lipinski definition) is 1. The van der Waals surface area contributed by atoms with Crippen LogP contribution in [0.4, 0.5) is 5.69 Å². The Morgan fingerprint density at radius 2 is 1.81 bits per heavy atom. The van der Waals surface area contributed by atoms with Gasteiger partial charge in [-0.3, -0.25) is 14.6 Å². The van der Waals surface area contributed by atoms with Crippen molar-refractivity contribution in [2.75, 3.05) is 19.0 Å². The first kappa shape index (κ1) is 21.1. The fraction of sp³-hybridized carbons (Fsp3) is 0.400. The number of benzene rings is 2. The Kier molecular flexibility index (Phi) is 5.81. The lowest BCUT2D eigenvalue weighted by atomic mass is 9.88. The zero-order valence-corrected chi connectivity index (χ0v) is 18.4. The van der Waals surface area contributed by atoms with Crippen LogP contribution in [-0.2, 0) is 9.59 Å². The van der Waals surface area contributed by atoms with E-state index in [1.807, 2.05) is 56.3 Å². The Bertz CT molecular complexity index is 1020. The second kappa shape index (κ2) is 8.53. The molecule has 0 unspecified atom stereocenters. The number of aryl methyl sites for hydroxylation is 2. The van der Waals surface area contributed by atoms with Gasteiger partial charge in [0.15, 0.2) is 0 Å². The molecule has 1 spiro atoms. The maximum Gasteiger partial charge on any atom is 0.275 e. The van der Waals surface area contributed by atoms with Gasteiger partial charge in [-0.1, -0.05) is 18.6 Å². The average molecular weight is 420 g/mol. The van der Waals surface area contributed by atoms with Crippen LogP contribution in [0.2, 0.25) is 0 Å². The smallest absolute Gasteiger partial charge is 0.275 e. The molecule has 0 atom stereocenters. The van der Waals surface area contributed by atoms with E-state index in [2.05, 4.69) is 5.32 Å². The van der Waals surface area contributed by atoms with E-state index in [0.29, 0.717) is 5.71 Å². The maximum absolute atomic E-state index is 13.4. The first-order valence-electron chi connectivity index (χ1n) is 10.9. The van der Waals surface area contributed by atoms with E-state index in [4.69, 9.17) is 9.73 Å². The van der Waals surface area contributed by atoms with Crippen LogP contribution in [0.1, 0.15) is 48.8 Å². The van der Waals surface area contributed by atoms with Crippen LogP contribution >= 0.6 is 0 Å². The standard InChI is InChI=1S/C25H29N3O3/c1-17-7-8-18(2)21(15-17)26-22(29)16-28-24(30)23(19-9-11-20(31-3)12-10-19)27-25(28)13-5-4-6-14-25/h7-12,15H,4-6,13-14,16H2,1-3H3,(H,26,29). The third-order valence-electron chi connectivity index (χ3n) is 6.26. The van der Waals surface area contributed by atoms with Crippen molar-refractivity contribution < 1.29 is 14.3 Å². The van der Waals surface area contributed by atoms with Gasteiger partial charge in [0.25, 0.3) is 5.91 Å². The van der Waals surface area contributed by atoms with E-state index in [1.165, 1.54) is 0 Å². The van der Waals surface area contributed by atoms with Crippen LogP contribution < -0.4 is 10.1 Å². The molecule has 1 aliphatic carbocycles. The minimum absolute atomic E-state index is 0.00459. The molecular formula is C25H29N3O3. The number of ether oxygens (including phenoxy) is 1. The number of hydrogen-bond acceptors (Lipinski definition) is 4.